The van der Waals surface area contributed by atoms with Crippen molar-refractivity contribution in [1.29, 1.82) is 0 Å². The Morgan fingerprint density at radius 3 is 2.62 bits per heavy atom. The van der Waals surface area contributed by atoms with Crippen LogP contribution in [0.4, 0.5) is 0 Å². The van der Waals surface area contributed by atoms with Crippen LogP contribution in [0.15, 0.2) is 5.16 Å². The van der Waals surface area contributed by atoms with E-state index in [0.717, 1.165) is 19.6 Å². The van der Waals surface area contributed by atoms with Gasteiger partial charge in [0.1, 0.15) is 5.84 Å². The van der Waals surface area contributed by atoms with E-state index in [-0.39, 0.29) is 5.92 Å². The van der Waals surface area contributed by atoms with Crippen LogP contribution >= 0.6 is 0 Å². The van der Waals surface area contributed by atoms with Gasteiger partial charge in [0, 0.05) is 31.6 Å². The molecule has 3 atom stereocenters. The summed E-state index contributed by atoms with van der Waals surface area (Å²) in [6.07, 6.45) is 0. The number of hydrogen-bond donors (Lipinski definition) is 2. The van der Waals surface area contributed by atoms with E-state index < -0.39 is 0 Å². The Hall–Kier alpha value is -0.810. The van der Waals surface area contributed by atoms with Gasteiger partial charge in [-0.3, -0.25) is 0 Å². The molecule has 1 heterocycles. The van der Waals surface area contributed by atoms with Crippen molar-refractivity contribution >= 4 is 5.84 Å². The summed E-state index contributed by atoms with van der Waals surface area (Å²) in [5.74, 6) is 1.11. The molecule has 0 spiro atoms. The van der Waals surface area contributed by atoms with E-state index in [0.29, 0.717) is 17.8 Å². The highest BCUT2D eigenvalue weighted by molar-refractivity contribution is 5.82. The highest BCUT2D eigenvalue weighted by Gasteiger charge is 2.31. The average Bonchev–Trinajstić information content (AvgIpc) is 2.58. The Balaban J connectivity index is 2.47. The van der Waals surface area contributed by atoms with Crippen LogP contribution in [0.5, 0.6) is 0 Å². The molecule has 0 aromatic heterocycles. The summed E-state index contributed by atoms with van der Waals surface area (Å²) >= 11 is 0. The first-order valence-electron chi connectivity index (χ1n) is 5.82. The minimum absolute atomic E-state index is 0.109. The first-order chi connectivity index (χ1) is 7.45. The van der Waals surface area contributed by atoms with E-state index in [9.17, 15) is 0 Å². The number of rotatable bonds is 4. The summed E-state index contributed by atoms with van der Waals surface area (Å²) in [6, 6.07) is 0.611. The Morgan fingerprint density at radius 1 is 1.56 bits per heavy atom. The Kier molecular flexibility index (Phi) is 4.56. The fraction of sp³-hybridized carbons (Fsp3) is 0.909. The molecule has 1 fully saturated rings. The third-order valence-electron chi connectivity index (χ3n) is 3.46. The molecule has 0 aromatic rings. The number of oxime groups is 1. The Labute approximate surface area is 97.9 Å². The second-order valence-electron chi connectivity index (χ2n) is 5.15. The van der Waals surface area contributed by atoms with Crippen molar-refractivity contribution in [2.45, 2.75) is 19.9 Å². The van der Waals surface area contributed by atoms with Gasteiger partial charge < -0.3 is 20.7 Å². The van der Waals surface area contributed by atoms with E-state index in [2.05, 4.69) is 36.0 Å². The summed E-state index contributed by atoms with van der Waals surface area (Å²) in [4.78, 5) is 4.66. The molecule has 1 aliphatic heterocycles. The molecule has 5 nitrogen and oxygen atoms in total. The predicted molar refractivity (Wildman–Crippen MR) is 65.7 cm³/mol. The second kappa shape index (κ2) is 5.50. The van der Waals surface area contributed by atoms with Gasteiger partial charge in [-0.1, -0.05) is 19.0 Å². The van der Waals surface area contributed by atoms with Gasteiger partial charge in [-0.2, -0.15) is 0 Å². The molecule has 1 rings (SSSR count). The monoisotopic (exact) mass is 228 g/mol. The van der Waals surface area contributed by atoms with Crippen LogP contribution in [0.25, 0.3) is 0 Å². The molecular weight excluding hydrogens is 204 g/mol. The van der Waals surface area contributed by atoms with Gasteiger partial charge in [-0.05, 0) is 20.0 Å². The van der Waals surface area contributed by atoms with Gasteiger partial charge in [-0.25, -0.2) is 0 Å². The van der Waals surface area contributed by atoms with Crippen molar-refractivity contribution in [1.82, 2.24) is 9.80 Å². The minimum atomic E-state index is 0.109. The van der Waals surface area contributed by atoms with Gasteiger partial charge in [0.05, 0.1) is 0 Å². The van der Waals surface area contributed by atoms with Gasteiger partial charge in [0.2, 0.25) is 0 Å². The van der Waals surface area contributed by atoms with E-state index in [1.165, 1.54) is 0 Å². The Bertz CT molecular complexity index is 254. The van der Waals surface area contributed by atoms with Crippen LogP contribution in [-0.2, 0) is 0 Å². The number of hydrogen-bond acceptors (Lipinski definition) is 4. The van der Waals surface area contributed by atoms with Crippen molar-refractivity contribution in [2.75, 3.05) is 33.7 Å². The van der Waals surface area contributed by atoms with Crippen LogP contribution in [-0.4, -0.2) is 60.6 Å². The molecule has 3 unspecified atom stereocenters. The van der Waals surface area contributed by atoms with E-state index in [1.807, 2.05) is 6.92 Å². The first-order valence-corrected chi connectivity index (χ1v) is 5.82. The van der Waals surface area contributed by atoms with Crippen molar-refractivity contribution in [3.8, 4) is 0 Å². The fourth-order valence-corrected chi connectivity index (χ4v) is 2.45. The van der Waals surface area contributed by atoms with Crippen LogP contribution in [0.3, 0.4) is 0 Å². The third kappa shape index (κ3) is 3.09. The van der Waals surface area contributed by atoms with Crippen molar-refractivity contribution < 1.29 is 5.21 Å². The van der Waals surface area contributed by atoms with Crippen molar-refractivity contribution in [3.05, 3.63) is 0 Å². The SMILES string of the molecule is CC(CN1CC(C)C(N(C)C)C1)C(N)=NO. The zero-order chi connectivity index (χ0) is 12.3. The molecule has 0 bridgehead atoms. The topological polar surface area (TPSA) is 65.1 Å². The van der Waals surface area contributed by atoms with Crippen molar-refractivity contribution in [3.63, 3.8) is 0 Å². The fourth-order valence-electron chi connectivity index (χ4n) is 2.45. The summed E-state index contributed by atoms with van der Waals surface area (Å²) in [5.41, 5.74) is 5.59. The first kappa shape index (κ1) is 13.3. The van der Waals surface area contributed by atoms with E-state index in [4.69, 9.17) is 10.9 Å². The summed E-state index contributed by atoms with van der Waals surface area (Å²) in [5, 5.41) is 11.7. The molecule has 0 amide bonds. The largest absolute Gasteiger partial charge is 0.409 e. The second-order valence-corrected chi connectivity index (χ2v) is 5.15. The standard InChI is InChI=1S/C11H24N4O/c1-8-5-15(7-10(8)14(3)4)6-9(2)11(12)13-16/h8-10,16H,5-7H2,1-4H3,(H2,12,13). The number of nitrogens with zero attached hydrogens (tertiary/aromatic N) is 3. The number of likely N-dealkylation sites (N-methyl/N-ethyl adjacent to an activating group) is 1. The molecule has 3 N–H and O–H groups in total. The third-order valence-corrected chi connectivity index (χ3v) is 3.46. The van der Waals surface area contributed by atoms with Crippen LogP contribution in [0, 0.1) is 11.8 Å². The minimum Gasteiger partial charge on any atom is -0.409 e. The van der Waals surface area contributed by atoms with Crippen LogP contribution < -0.4 is 5.73 Å². The predicted octanol–water partition coefficient (Wildman–Crippen LogP) is 0.251. The molecular formula is C11H24N4O. The zero-order valence-corrected chi connectivity index (χ0v) is 10.7. The molecule has 0 aromatic carbocycles. The highest BCUT2D eigenvalue weighted by Crippen LogP contribution is 2.20. The lowest BCUT2D eigenvalue weighted by atomic mass is 10.1. The zero-order valence-electron chi connectivity index (χ0n) is 10.7. The lowest BCUT2D eigenvalue weighted by Gasteiger charge is -2.23. The maximum absolute atomic E-state index is 8.61. The van der Waals surface area contributed by atoms with Gasteiger partial charge >= 0.3 is 0 Å². The molecule has 1 saturated heterocycles. The van der Waals surface area contributed by atoms with Gasteiger partial charge in [0.25, 0.3) is 0 Å². The van der Waals surface area contributed by atoms with E-state index in [1.54, 1.807) is 0 Å². The molecule has 5 heteroatoms. The highest BCUT2D eigenvalue weighted by atomic mass is 16.4. The van der Waals surface area contributed by atoms with Gasteiger partial charge in [-0.15, -0.1) is 0 Å². The summed E-state index contributed by atoms with van der Waals surface area (Å²) in [6.45, 7) is 7.29. The molecule has 0 radical (unpaired) electrons. The molecule has 0 saturated carbocycles. The van der Waals surface area contributed by atoms with Crippen molar-refractivity contribution in [2.24, 2.45) is 22.7 Å². The number of nitrogens with two attached hydrogens (primary N) is 1. The quantitative estimate of drug-likeness (QED) is 0.313. The number of likely N-dealkylation sites (tertiary alicyclic amines) is 1. The lowest BCUT2D eigenvalue weighted by molar-refractivity contribution is 0.247. The maximum Gasteiger partial charge on any atom is 0.143 e. The smallest absolute Gasteiger partial charge is 0.143 e. The van der Waals surface area contributed by atoms with Crippen LogP contribution in [0.2, 0.25) is 0 Å². The lowest BCUT2D eigenvalue weighted by Crippen LogP contribution is -2.37. The van der Waals surface area contributed by atoms with E-state index >= 15 is 0 Å². The molecule has 1 aliphatic rings. The van der Waals surface area contributed by atoms with Crippen LogP contribution in [0.1, 0.15) is 13.8 Å². The molecule has 0 aliphatic carbocycles. The van der Waals surface area contributed by atoms with Gasteiger partial charge in [0.15, 0.2) is 0 Å². The number of amidine groups is 1. The Morgan fingerprint density at radius 2 is 2.19 bits per heavy atom. The maximum atomic E-state index is 8.61. The molecule has 94 valence electrons. The average molecular weight is 228 g/mol. The summed E-state index contributed by atoms with van der Waals surface area (Å²) < 4.78 is 0. The molecule has 16 heavy (non-hydrogen) atoms. The summed E-state index contributed by atoms with van der Waals surface area (Å²) in [7, 11) is 4.25. The normalized spacial score (nSPS) is 29.9.